The zero-order chi connectivity index (χ0) is 21.6. The molecule has 1 fully saturated rings. The lowest BCUT2D eigenvalue weighted by atomic mass is 9.87. The predicted octanol–water partition coefficient (Wildman–Crippen LogP) is 3.24. The highest BCUT2D eigenvalue weighted by Crippen LogP contribution is 2.39. The number of hydrogen-bond donors (Lipinski definition) is 2. The average molecular weight is 481 g/mol. The molecule has 0 aliphatic heterocycles. The summed E-state index contributed by atoms with van der Waals surface area (Å²) in [7, 11) is 1.68. The van der Waals surface area contributed by atoms with Gasteiger partial charge in [0.15, 0.2) is 11.5 Å². The van der Waals surface area contributed by atoms with Gasteiger partial charge in [0.2, 0.25) is 11.9 Å². The zero-order valence-corrected chi connectivity index (χ0v) is 18.7. The standard InChI is InChI=1S/C21H21BrN8O/c1-21(19(31)23-2)6-5-13(9-21)27-20-26-10-14-17(22)29-30(18(14)28-20)16-8-12-4-3-7-24-15(12)11-25-16/h3-4,7-8,10-11,13H,5-6,9H2,1-2H3,(H,23,31)(H,26,27,28)/t13-,21-/m1/s1. The fourth-order valence-corrected chi connectivity index (χ4v) is 4.67. The van der Waals surface area contributed by atoms with Crippen LogP contribution in [0.3, 0.4) is 0 Å². The summed E-state index contributed by atoms with van der Waals surface area (Å²) in [4.78, 5) is 30.2. The number of rotatable bonds is 4. The van der Waals surface area contributed by atoms with Gasteiger partial charge < -0.3 is 10.6 Å². The third-order valence-electron chi connectivity index (χ3n) is 5.92. The van der Waals surface area contributed by atoms with Crippen molar-refractivity contribution in [3.05, 3.63) is 41.4 Å². The van der Waals surface area contributed by atoms with Gasteiger partial charge in [-0.25, -0.2) is 9.97 Å². The van der Waals surface area contributed by atoms with Crippen molar-refractivity contribution in [2.45, 2.75) is 32.2 Å². The third kappa shape index (κ3) is 3.50. The molecule has 0 bridgehead atoms. The second kappa shape index (κ2) is 7.52. The van der Waals surface area contributed by atoms with Gasteiger partial charge in [-0.15, -0.1) is 0 Å². The molecule has 1 saturated carbocycles. The molecule has 0 aromatic carbocycles. The second-order valence-corrected chi connectivity index (χ2v) is 8.85. The number of anilines is 1. The molecular weight excluding hydrogens is 460 g/mol. The summed E-state index contributed by atoms with van der Waals surface area (Å²) >= 11 is 3.50. The Bertz CT molecular complexity index is 1310. The number of hydrogen-bond acceptors (Lipinski definition) is 7. The first-order valence-corrected chi connectivity index (χ1v) is 10.9. The number of amides is 1. The van der Waals surface area contributed by atoms with E-state index in [4.69, 9.17) is 4.98 Å². The Labute approximate surface area is 186 Å². The Balaban J connectivity index is 1.48. The molecule has 1 aliphatic carbocycles. The van der Waals surface area contributed by atoms with Crippen LogP contribution in [0.4, 0.5) is 5.95 Å². The molecule has 158 valence electrons. The van der Waals surface area contributed by atoms with Crippen molar-refractivity contribution in [2.24, 2.45) is 5.41 Å². The van der Waals surface area contributed by atoms with E-state index in [1.165, 1.54) is 0 Å². The highest BCUT2D eigenvalue weighted by atomic mass is 79.9. The van der Waals surface area contributed by atoms with E-state index >= 15 is 0 Å². The lowest BCUT2D eigenvalue weighted by Crippen LogP contribution is -2.35. The van der Waals surface area contributed by atoms with Crippen molar-refractivity contribution in [3.63, 3.8) is 0 Å². The van der Waals surface area contributed by atoms with Gasteiger partial charge in [-0.3, -0.25) is 9.78 Å². The average Bonchev–Trinajstić information content (AvgIpc) is 3.33. The van der Waals surface area contributed by atoms with Crippen LogP contribution < -0.4 is 10.6 Å². The van der Waals surface area contributed by atoms with Gasteiger partial charge in [-0.05, 0) is 47.3 Å². The molecule has 2 atom stereocenters. The lowest BCUT2D eigenvalue weighted by Gasteiger charge is -2.22. The van der Waals surface area contributed by atoms with Crippen molar-refractivity contribution >= 4 is 49.7 Å². The quantitative estimate of drug-likeness (QED) is 0.461. The van der Waals surface area contributed by atoms with Gasteiger partial charge in [0.05, 0.1) is 17.1 Å². The Morgan fingerprint density at radius 2 is 2.16 bits per heavy atom. The number of halogens is 1. The van der Waals surface area contributed by atoms with Gasteiger partial charge in [0.1, 0.15) is 4.60 Å². The number of nitrogens with one attached hydrogen (secondary N) is 2. The molecule has 9 nitrogen and oxygen atoms in total. The van der Waals surface area contributed by atoms with E-state index in [0.29, 0.717) is 22.0 Å². The summed E-state index contributed by atoms with van der Waals surface area (Å²) < 4.78 is 2.34. The van der Waals surface area contributed by atoms with Crippen molar-refractivity contribution in [3.8, 4) is 5.82 Å². The van der Waals surface area contributed by atoms with Crippen LogP contribution in [0.5, 0.6) is 0 Å². The van der Waals surface area contributed by atoms with Crippen LogP contribution in [0.1, 0.15) is 26.2 Å². The smallest absolute Gasteiger partial charge is 0.225 e. The molecule has 4 heterocycles. The van der Waals surface area contributed by atoms with Gasteiger partial charge in [0, 0.05) is 36.3 Å². The molecule has 1 aliphatic rings. The maximum Gasteiger partial charge on any atom is 0.225 e. The fourth-order valence-electron chi connectivity index (χ4n) is 4.23. The van der Waals surface area contributed by atoms with Crippen LogP contribution in [0, 0.1) is 5.41 Å². The van der Waals surface area contributed by atoms with Crippen molar-refractivity contribution in [2.75, 3.05) is 12.4 Å². The number of aromatic nitrogens is 6. The van der Waals surface area contributed by atoms with Crippen LogP contribution in [0.25, 0.3) is 27.8 Å². The van der Waals surface area contributed by atoms with Crippen LogP contribution in [0.15, 0.2) is 41.4 Å². The summed E-state index contributed by atoms with van der Waals surface area (Å²) in [5.74, 6) is 1.23. The van der Waals surface area contributed by atoms with Crippen LogP contribution in [0.2, 0.25) is 0 Å². The Kier molecular flexibility index (Phi) is 4.81. The lowest BCUT2D eigenvalue weighted by molar-refractivity contribution is -0.129. The predicted molar refractivity (Wildman–Crippen MR) is 121 cm³/mol. The van der Waals surface area contributed by atoms with Crippen LogP contribution in [-0.2, 0) is 4.79 Å². The van der Waals surface area contributed by atoms with Crippen molar-refractivity contribution in [1.82, 2.24) is 35.0 Å². The maximum atomic E-state index is 12.2. The Morgan fingerprint density at radius 3 is 3.00 bits per heavy atom. The second-order valence-electron chi connectivity index (χ2n) is 8.10. The van der Waals surface area contributed by atoms with Crippen LogP contribution >= 0.6 is 15.9 Å². The molecule has 2 N–H and O–H groups in total. The van der Waals surface area contributed by atoms with Gasteiger partial charge in [-0.2, -0.15) is 14.8 Å². The van der Waals surface area contributed by atoms with Gasteiger partial charge >= 0.3 is 0 Å². The summed E-state index contributed by atoms with van der Waals surface area (Å²) in [6, 6.07) is 5.94. The van der Waals surface area contributed by atoms with E-state index in [1.54, 1.807) is 30.3 Å². The zero-order valence-electron chi connectivity index (χ0n) is 17.1. The summed E-state index contributed by atoms with van der Waals surface area (Å²) in [5, 5.41) is 12.5. The summed E-state index contributed by atoms with van der Waals surface area (Å²) in [6.07, 6.45) is 7.65. The van der Waals surface area contributed by atoms with Crippen molar-refractivity contribution < 1.29 is 4.79 Å². The third-order valence-corrected chi connectivity index (χ3v) is 6.51. The minimum atomic E-state index is -0.371. The minimum Gasteiger partial charge on any atom is -0.359 e. The normalized spacial score (nSPS) is 20.9. The molecular formula is C21H21BrN8O. The molecule has 4 aromatic rings. The first-order valence-electron chi connectivity index (χ1n) is 10.1. The number of fused-ring (bicyclic) bond motifs is 2. The van der Waals surface area contributed by atoms with E-state index in [9.17, 15) is 4.79 Å². The molecule has 0 radical (unpaired) electrons. The highest BCUT2D eigenvalue weighted by Gasteiger charge is 2.40. The molecule has 0 unspecified atom stereocenters. The summed E-state index contributed by atoms with van der Waals surface area (Å²) in [6.45, 7) is 2.00. The van der Waals surface area contributed by atoms with E-state index in [0.717, 1.165) is 35.6 Å². The molecule has 0 spiro atoms. The molecule has 31 heavy (non-hydrogen) atoms. The monoisotopic (exact) mass is 480 g/mol. The molecule has 0 saturated heterocycles. The Hall–Kier alpha value is -3.14. The molecule has 10 heteroatoms. The van der Waals surface area contributed by atoms with E-state index in [-0.39, 0.29) is 17.4 Å². The van der Waals surface area contributed by atoms with E-state index in [2.05, 4.69) is 46.6 Å². The highest BCUT2D eigenvalue weighted by molar-refractivity contribution is 9.10. The number of pyridine rings is 2. The first-order chi connectivity index (χ1) is 15.0. The molecule has 1 amide bonds. The number of carbonyl (C=O) groups excluding carboxylic acids is 1. The molecule has 4 aromatic heterocycles. The minimum absolute atomic E-state index is 0.0760. The topological polar surface area (TPSA) is 111 Å². The maximum absolute atomic E-state index is 12.2. The SMILES string of the molecule is CNC(=O)[C@]1(C)CC[C@@H](Nc2ncc3c(Br)nn(-c4cc5cccnc5cn4)c3n2)C1. The molecule has 5 rings (SSSR count). The Morgan fingerprint density at radius 1 is 1.29 bits per heavy atom. The van der Waals surface area contributed by atoms with E-state index < -0.39 is 0 Å². The van der Waals surface area contributed by atoms with Crippen molar-refractivity contribution in [1.29, 1.82) is 0 Å². The summed E-state index contributed by atoms with van der Waals surface area (Å²) in [5.41, 5.74) is 1.09. The largest absolute Gasteiger partial charge is 0.359 e. The number of carbonyl (C=O) groups is 1. The van der Waals surface area contributed by atoms with Gasteiger partial charge in [-0.1, -0.05) is 13.0 Å². The van der Waals surface area contributed by atoms with Gasteiger partial charge in [0.25, 0.3) is 0 Å². The van der Waals surface area contributed by atoms with E-state index in [1.807, 2.05) is 25.1 Å². The number of nitrogens with zero attached hydrogens (tertiary/aromatic N) is 6. The fraction of sp³-hybridized carbons (Fsp3) is 0.333. The first kappa shape index (κ1) is 19.8. The van der Waals surface area contributed by atoms with Crippen LogP contribution in [-0.4, -0.2) is 48.7 Å².